The maximum atomic E-state index is 12.1. The van der Waals surface area contributed by atoms with Gasteiger partial charge in [0.05, 0.1) is 0 Å². The fourth-order valence-corrected chi connectivity index (χ4v) is 2.53. The van der Waals surface area contributed by atoms with Crippen molar-refractivity contribution in [1.82, 2.24) is 10.2 Å². The number of nitrogens with one attached hydrogen (secondary N) is 1. The minimum Gasteiger partial charge on any atom is -0.319 e. The minimum atomic E-state index is -0.277. The lowest BCUT2D eigenvalue weighted by Gasteiger charge is -2.15. The summed E-state index contributed by atoms with van der Waals surface area (Å²) in [5.41, 5.74) is 2.97. The van der Waals surface area contributed by atoms with E-state index in [1.807, 2.05) is 25.1 Å². The Bertz CT molecular complexity index is 610. The SMILES string of the molecule is Cc1cccc(C(C)C)c1NC(=O)c1nnc(Cl)s1. The van der Waals surface area contributed by atoms with Crippen molar-refractivity contribution in [3.8, 4) is 0 Å². The van der Waals surface area contributed by atoms with E-state index in [1.54, 1.807) is 0 Å². The first kappa shape index (κ1) is 14.0. The molecule has 0 unspecified atom stereocenters. The number of hydrogen-bond acceptors (Lipinski definition) is 4. The molecule has 1 amide bonds. The molecule has 0 aliphatic carbocycles. The van der Waals surface area contributed by atoms with Crippen molar-refractivity contribution in [2.45, 2.75) is 26.7 Å². The van der Waals surface area contributed by atoms with E-state index in [2.05, 4.69) is 29.4 Å². The number of halogens is 1. The Morgan fingerprint density at radius 3 is 2.68 bits per heavy atom. The van der Waals surface area contributed by atoms with E-state index < -0.39 is 0 Å². The lowest BCUT2D eigenvalue weighted by Crippen LogP contribution is -2.14. The first-order chi connectivity index (χ1) is 8.99. The van der Waals surface area contributed by atoms with Crippen molar-refractivity contribution < 1.29 is 4.79 Å². The number of carbonyl (C=O) groups excluding carboxylic acids is 1. The van der Waals surface area contributed by atoms with Crippen LogP contribution in [-0.2, 0) is 0 Å². The van der Waals surface area contributed by atoms with Crippen LogP contribution in [0, 0.1) is 6.92 Å². The van der Waals surface area contributed by atoms with Crippen molar-refractivity contribution in [3.05, 3.63) is 38.8 Å². The molecule has 4 nitrogen and oxygen atoms in total. The second kappa shape index (κ2) is 5.67. The van der Waals surface area contributed by atoms with Crippen molar-refractivity contribution in [3.63, 3.8) is 0 Å². The fraction of sp³-hybridized carbons (Fsp3) is 0.308. The lowest BCUT2D eigenvalue weighted by atomic mass is 9.98. The molecule has 0 fully saturated rings. The summed E-state index contributed by atoms with van der Waals surface area (Å²) >= 11 is 6.75. The van der Waals surface area contributed by atoms with Crippen LogP contribution in [0.4, 0.5) is 5.69 Å². The Morgan fingerprint density at radius 2 is 2.11 bits per heavy atom. The predicted molar refractivity (Wildman–Crippen MR) is 78.1 cm³/mol. The van der Waals surface area contributed by atoms with E-state index in [9.17, 15) is 4.79 Å². The number of hydrogen-bond donors (Lipinski definition) is 1. The fourth-order valence-electron chi connectivity index (χ4n) is 1.81. The summed E-state index contributed by atoms with van der Waals surface area (Å²) in [6, 6.07) is 5.97. The molecular weight excluding hydrogens is 282 g/mol. The summed E-state index contributed by atoms with van der Waals surface area (Å²) in [7, 11) is 0. The maximum absolute atomic E-state index is 12.1. The number of rotatable bonds is 3. The summed E-state index contributed by atoms with van der Waals surface area (Å²) in [5.74, 6) is 0.0498. The average Bonchev–Trinajstić information content (AvgIpc) is 2.78. The quantitative estimate of drug-likeness (QED) is 0.935. The van der Waals surface area contributed by atoms with Crippen molar-refractivity contribution in [2.24, 2.45) is 0 Å². The maximum Gasteiger partial charge on any atom is 0.286 e. The molecule has 0 aliphatic heterocycles. The molecule has 0 radical (unpaired) electrons. The Morgan fingerprint density at radius 1 is 1.37 bits per heavy atom. The van der Waals surface area contributed by atoms with Crippen LogP contribution < -0.4 is 5.32 Å². The van der Waals surface area contributed by atoms with Crippen LogP contribution in [0.25, 0.3) is 0 Å². The van der Waals surface area contributed by atoms with Gasteiger partial charge in [0, 0.05) is 5.69 Å². The van der Waals surface area contributed by atoms with Gasteiger partial charge < -0.3 is 5.32 Å². The molecule has 100 valence electrons. The number of carbonyl (C=O) groups is 1. The Kier molecular flexibility index (Phi) is 4.17. The van der Waals surface area contributed by atoms with Gasteiger partial charge in [-0.25, -0.2) is 0 Å². The van der Waals surface area contributed by atoms with Crippen molar-refractivity contribution in [2.75, 3.05) is 5.32 Å². The predicted octanol–water partition coefficient (Wildman–Crippen LogP) is 3.88. The van der Waals surface area contributed by atoms with Crippen LogP contribution in [0.5, 0.6) is 0 Å². The highest BCUT2D eigenvalue weighted by Gasteiger charge is 2.16. The van der Waals surface area contributed by atoms with Gasteiger partial charge in [-0.3, -0.25) is 4.79 Å². The second-order valence-electron chi connectivity index (χ2n) is 4.51. The number of para-hydroxylation sites is 1. The van der Waals surface area contributed by atoms with E-state index in [4.69, 9.17) is 11.6 Å². The molecule has 2 aromatic rings. The van der Waals surface area contributed by atoms with Gasteiger partial charge in [0.2, 0.25) is 9.47 Å². The smallest absolute Gasteiger partial charge is 0.286 e. The summed E-state index contributed by atoms with van der Waals surface area (Å²) in [6.45, 7) is 6.15. The summed E-state index contributed by atoms with van der Waals surface area (Å²) < 4.78 is 0.263. The minimum absolute atomic E-state index is 0.263. The van der Waals surface area contributed by atoms with Gasteiger partial charge in [0.15, 0.2) is 0 Å². The average molecular weight is 296 g/mol. The molecule has 0 atom stereocenters. The largest absolute Gasteiger partial charge is 0.319 e. The Labute approximate surface area is 120 Å². The highest BCUT2D eigenvalue weighted by atomic mass is 35.5. The molecule has 1 heterocycles. The highest BCUT2D eigenvalue weighted by molar-refractivity contribution is 7.17. The van der Waals surface area contributed by atoms with Crippen LogP contribution in [-0.4, -0.2) is 16.1 Å². The van der Waals surface area contributed by atoms with Gasteiger partial charge >= 0.3 is 0 Å². The third-order valence-electron chi connectivity index (χ3n) is 2.76. The Balaban J connectivity index is 2.31. The number of aryl methyl sites for hydroxylation is 1. The Hall–Kier alpha value is -1.46. The van der Waals surface area contributed by atoms with E-state index in [0.29, 0.717) is 5.92 Å². The molecule has 6 heteroatoms. The monoisotopic (exact) mass is 295 g/mol. The van der Waals surface area contributed by atoms with Crippen LogP contribution in [0.2, 0.25) is 4.47 Å². The zero-order chi connectivity index (χ0) is 14.0. The van der Waals surface area contributed by atoms with Gasteiger partial charge in [0.1, 0.15) is 0 Å². The summed E-state index contributed by atoms with van der Waals surface area (Å²) in [6.07, 6.45) is 0. The third-order valence-corrected chi connectivity index (χ3v) is 3.78. The molecule has 0 bridgehead atoms. The molecule has 19 heavy (non-hydrogen) atoms. The number of nitrogens with zero attached hydrogens (tertiary/aromatic N) is 2. The van der Waals surface area contributed by atoms with Crippen LogP contribution >= 0.6 is 22.9 Å². The number of benzene rings is 1. The van der Waals surface area contributed by atoms with Crippen molar-refractivity contribution >= 4 is 34.5 Å². The van der Waals surface area contributed by atoms with E-state index in [1.165, 1.54) is 0 Å². The van der Waals surface area contributed by atoms with Gasteiger partial charge in [-0.15, -0.1) is 10.2 Å². The van der Waals surface area contributed by atoms with Crippen LogP contribution in [0.15, 0.2) is 18.2 Å². The number of anilines is 1. The van der Waals surface area contributed by atoms with Gasteiger partial charge in [-0.2, -0.15) is 0 Å². The first-order valence-corrected chi connectivity index (χ1v) is 7.08. The third kappa shape index (κ3) is 3.11. The lowest BCUT2D eigenvalue weighted by molar-refractivity contribution is 0.102. The molecule has 1 aromatic heterocycles. The van der Waals surface area contributed by atoms with Crippen molar-refractivity contribution in [1.29, 1.82) is 0 Å². The number of amides is 1. The molecule has 1 aromatic carbocycles. The summed E-state index contributed by atoms with van der Waals surface area (Å²) in [5, 5.41) is 10.5. The molecule has 0 aliphatic rings. The molecular formula is C13H14ClN3OS. The molecule has 0 saturated heterocycles. The van der Waals surface area contributed by atoms with Crippen LogP contribution in [0.1, 0.15) is 40.7 Å². The highest BCUT2D eigenvalue weighted by Crippen LogP contribution is 2.28. The molecule has 2 rings (SSSR count). The standard InChI is InChI=1S/C13H14ClN3OS/c1-7(2)9-6-4-5-8(3)10(9)15-11(18)12-16-17-13(14)19-12/h4-7H,1-3H3,(H,15,18). The van der Waals surface area contributed by atoms with Gasteiger partial charge in [-0.1, -0.05) is 43.4 Å². The second-order valence-corrected chi connectivity index (χ2v) is 6.07. The van der Waals surface area contributed by atoms with Gasteiger partial charge in [-0.05, 0) is 35.6 Å². The summed E-state index contributed by atoms with van der Waals surface area (Å²) in [4.78, 5) is 12.1. The topological polar surface area (TPSA) is 54.9 Å². The van der Waals surface area contributed by atoms with Gasteiger partial charge in [0.25, 0.3) is 5.91 Å². The van der Waals surface area contributed by atoms with E-state index in [0.717, 1.165) is 28.2 Å². The van der Waals surface area contributed by atoms with Crippen LogP contribution in [0.3, 0.4) is 0 Å². The van der Waals surface area contributed by atoms with E-state index >= 15 is 0 Å². The van der Waals surface area contributed by atoms with E-state index in [-0.39, 0.29) is 15.4 Å². The normalized spacial score (nSPS) is 10.8. The molecule has 1 N–H and O–H groups in total. The zero-order valence-electron chi connectivity index (χ0n) is 10.9. The number of aromatic nitrogens is 2. The molecule has 0 spiro atoms. The first-order valence-electron chi connectivity index (χ1n) is 5.89. The molecule has 0 saturated carbocycles. The zero-order valence-corrected chi connectivity index (χ0v) is 12.5.